The highest BCUT2D eigenvalue weighted by Crippen LogP contribution is 2.44. The third-order valence-corrected chi connectivity index (χ3v) is 5.32. The Labute approximate surface area is 181 Å². The van der Waals surface area contributed by atoms with E-state index < -0.39 is 6.09 Å². The van der Waals surface area contributed by atoms with Crippen LogP contribution in [0.2, 0.25) is 0 Å². The van der Waals surface area contributed by atoms with Crippen molar-refractivity contribution in [2.45, 2.75) is 12.3 Å². The summed E-state index contributed by atoms with van der Waals surface area (Å²) in [5, 5.41) is 2.78. The average Bonchev–Trinajstić information content (AvgIpc) is 3.12. The highest BCUT2D eigenvalue weighted by Gasteiger charge is 2.28. The molecule has 1 aliphatic carbocycles. The van der Waals surface area contributed by atoms with Gasteiger partial charge in [-0.25, -0.2) is 9.59 Å². The van der Waals surface area contributed by atoms with Gasteiger partial charge in [-0.05, 0) is 34.7 Å². The minimum atomic E-state index is -0.429. The van der Waals surface area contributed by atoms with Crippen LogP contribution in [0, 0.1) is 0 Å². The maximum absolute atomic E-state index is 12.2. The number of aliphatic imine (C=N–C) groups is 1. The summed E-state index contributed by atoms with van der Waals surface area (Å²) in [4.78, 5) is 26.4. The zero-order valence-corrected chi connectivity index (χ0v) is 17.0. The smallest absolute Gasteiger partial charge is 0.407 e. The second-order valence-electron chi connectivity index (χ2n) is 7.21. The molecular formula is C26H22N2O3. The van der Waals surface area contributed by atoms with Gasteiger partial charge in [-0.15, -0.1) is 0 Å². The van der Waals surface area contributed by atoms with Crippen LogP contribution in [0.4, 0.5) is 10.5 Å². The lowest BCUT2D eigenvalue weighted by atomic mass is 9.98. The van der Waals surface area contributed by atoms with Crippen LogP contribution in [0.5, 0.6) is 0 Å². The molecule has 1 aliphatic rings. The number of amides is 1. The highest BCUT2D eigenvalue weighted by atomic mass is 16.5. The molecular weight excluding hydrogens is 388 g/mol. The SMILES string of the molecule is O=C=Nc1ccccc1C=CCCNC(=O)OCC1c2ccccc2-c2ccccc21. The van der Waals surface area contributed by atoms with E-state index in [9.17, 15) is 9.59 Å². The second kappa shape index (κ2) is 9.70. The quantitative estimate of drug-likeness (QED) is 0.313. The van der Waals surface area contributed by atoms with Crippen molar-refractivity contribution in [2.75, 3.05) is 13.2 Å². The molecule has 0 aromatic heterocycles. The van der Waals surface area contributed by atoms with Crippen LogP contribution in [0.25, 0.3) is 17.2 Å². The fourth-order valence-electron chi connectivity index (χ4n) is 3.90. The van der Waals surface area contributed by atoms with E-state index in [0.717, 1.165) is 5.56 Å². The van der Waals surface area contributed by atoms with E-state index in [4.69, 9.17) is 4.74 Å². The molecule has 0 unspecified atom stereocenters. The van der Waals surface area contributed by atoms with Crippen LogP contribution in [-0.4, -0.2) is 25.3 Å². The van der Waals surface area contributed by atoms with Crippen LogP contribution in [0.15, 0.2) is 83.9 Å². The van der Waals surface area contributed by atoms with E-state index in [2.05, 4.69) is 34.6 Å². The summed E-state index contributed by atoms with van der Waals surface area (Å²) in [6.45, 7) is 0.749. The van der Waals surface area contributed by atoms with Crippen LogP contribution in [0.3, 0.4) is 0 Å². The Morgan fingerprint density at radius 1 is 0.968 bits per heavy atom. The monoisotopic (exact) mass is 410 g/mol. The average molecular weight is 410 g/mol. The molecule has 0 bridgehead atoms. The van der Waals surface area contributed by atoms with Crippen molar-refractivity contribution in [2.24, 2.45) is 4.99 Å². The van der Waals surface area contributed by atoms with Crippen molar-refractivity contribution in [3.05, 3.63) is 95.6 Å². The van der Waals surface area contributed by atoms with Crippen molar-refractivity contribution in [1.82, 2.24) is 5.32 Å². The Morgan fingerprint density at radius 3 is 2.32 bits per heavy atom. The van der Waals surface area contributed by atoms with Crippen LogP contribution < -0.4 is 5.32 Å². The summed E-state index contributed by atoms with van der Waals surface area (Å²) in [7, 11) is 0. The van der Waals surface area contributed by atoms with Crippen molar-refractivity contribution >= 4 is 23.9 Å². The summed E-state index contributed by atoms with van der Waals surface area (Å²) in [6, 6.07) is 23.8. The highest BCUT2D eigenvalue weighted by molar-refractivity contribution is 5.79. The fraction of sp³-hybridized carbons (Fsp3) is 0.154. The van der Waals surface area contributed by atoms with Crippen molar-refractivity contribution < 1.29 is 14.3 Å². The number of carbonyl (C=O) groups excluding carboxylic acids is 2. The summed E-state index contributed by atoms with van der Waals surface area (Å²) in [6.07, 6.45) is 5.55. The predicted octanol–water partition coefficient (Wildman–Crippen LogP) is 5.60. The molecule has 1 amide bonds. The molecule has 31 heavy (non-hydrogen) atoms. The molecule has 0 aliphatic heterocycles. The number of ether oxygens (including phenoxy) is 1. The normalized spacial score (nSPS) is 12.1. The lowest BCUT2D eigenvalue weighted by Gasteiger charge is -2.14. The molecule has 3 aromatic carbocycles. The molecule has 154 valence electrons. The standard InChI is InChI=1S/C26H22N2O3/c29-18-28-25-15-6-1-9-19(25)10-7-8-16-27-26(30)31-17-24-22-13-4-2-11-20(22)21-12-3-5-14-23(21)24/h1-7,9-15,24H,8,16-17H2,(H,27,30). The van der Waals surface area contributed by atoms with Crippen LogP contribution >= 0.6 is 0 Å². The van der Waals surface area contributed by atoms with Gasteiger partial charge in [-0.3, -0.25) is 0 Å². The first-order valence-electron chi connectivity index (χ1n) is 10.2. The molecule has 3 aromatic rings. The summed E-state index contributed by atoms with van der Waals surface area (Å²) in [5.74, 6) is 0.0490. The van der Waals surface area contributed by atoms with E-state index in [1.807, 2.05) is 54.6 Å². The van der Waals surface area contributed by atoms with Crippen LogP contribution in [0.1, 0.15) is 29.0 Å². The Morgan fingerprint density at radius 2 is 1.61 bits per heavy atom. The first-order valence-corrected chi connectivity index (χ1v) is 10.2. The molecule has 5 heteroatoms. The topological polar surface area (TPSA) is 67.8 Å². The molecule has 0 saturated carbocycles. The zero-order valence-electron chi connectivity index (χ0n) is 17.0. The van der Waals surface area contributed by atoms with Gasteiger partial charge in [0, 0.05) is 18.0 Å². The van der Waals surface area contributed by atoms with Gasteiger partial charge in [-0.1, -0.05) is 78.9 Å². The molecule has 5 nitrogen and oxygen atoms in total. The van der Waals surface area contributed by atoms with Crippen molar-refractivity contribution in [3.8, 4) is 11.1 Å². The van der Waals surface area contributed by atoms with Gasteiger partial charge in [0.15, 0.2) is 0 Å². The number of hydrogen-bond donors (Lipinski definition) is 1. The van der Waals surface area contributed by atoms with E-state index in [1.165, 1.54) is 22.3 Å². The Kier molecular flexibility index (Phi) is 6.36. The molecule has 0 atom stereocenters. The first kappa shape index (κ1) is 20.3. The number of alkyl carbamates (subject to hydrolysis) is 1. The maximum atomic E-state index is 12.2. The first-order chi connectivity index (χ1) is 15.3. The molecule has 0 heterocycles. The minimum absolute atomic E-state index is 0.0490. The number of benzene rings is 3. The minimum Gasteiger partial charge on any atom is -0.449 e. The number of rotatable bonds is 7. The largest absolute Gasteiger partial charge is 0.449 e. The van der Waals surface area contributed by atoms with Gasteiger partial charge in [-0.2, -0.15) is 4.99 Å². The van der Waals surface area contributed by atoms with Gasteiger partial charge in [0.2, 0.25) is 6.08 Å². The van der Waals surface area contributed by atoms with Gasteiger partial charge in [0.1, 0.15) is 6.61 Å². The molecule has 0 saturated heterocycles. The zero-order chi connectivity index (χ0) is 21.5. The molecule has 0 fully saturated rings. The number of hydrogen-bond acceptors (Lipinski definition) is 4. The van der Waals surface area contributed by atoms with Crippen LogP contribution in [-0.2, 0) is 9.53 Å². The lowest BCUT2D eigenvalue weighted by molar-refractivity contribution is 0.143. The van der Waals surface area contributed by atoms with Gasteiger partial charge in [0.25, 0.3) is 0 Å². The van der Waals surface area contributed by atoms with Gasteiger partial charge >= 0.3 is 6.09 Å². The number of fused-ring (bicyclic) bond motifs is 3. The van der Waals surface area contributed by atoms with Crippen molar-refractivity contribution in [3.63, 3.8) is 0 Å². The maximum Gasteiger partial charge on any atom is 0.407 e. The van der Waals surface area contributed by atoms with Gasteiger partial charge in [0.05, 0.1) is 5.69 Å². The third kappa shape index (κ3) is 4.63. The molecule has 0 radical (unpaired) electrons. The number of isocyanates is 1. The van der Waals surface area contributed by atoms with E-state index >= 15 is 0 Å². The Balaban J connectivity index is 1.28. The van der Waals surface area contributed by atoms with E-state index in [-0.39, 0.29) is 5.92 Å². The summed E-state index contributed by atoms with van der Waals surface area (Å²) >= 11 is 0. The fourth-order valence-corrected chi connectivity index (χ4v) is 3.90. The van der Waals surface area contributed by atoms with Gasteiger partial charge < -0.3 is 10.1 Å². The second-order valence-corrected chi connectivity index (χ2v) is 7.21. The van der Waals surface area contributed by atoms with Crippen molar-refractivity contribution in [1.29, 1.82) is 0 Å². The number of nitrogens with one attached hydrogen (secondary N) is 1. The lowest BCUT2D eigenvalue weighted by Crippen LogP contribution is -2.26. The van der Waals surface area contributed by atoms with E-state index in [0.29, 0.717) is 25.3 Å². The van der Waals surface area contributed by atoms with E-state index in [1.54, 1.807) is 12.1 Å². The Hall–Kier alpha value is -3.95. The number of nitrogens with zero attached hydrogens (tertiary/aromatic N) is 1. The molecule has 0 spiro atoms. The molecule has 4 rings (SSSR count). The Bertz CT molecular complexity index is 1120. The summed E-state index contributed by atoms with van der Waals surface area (Å²) < 4.78 is 5.52. The number of carbonyl (C=O) groups is 1. The third-order valence-electron chi connectivity index (χ3n) is 5.32. The number of para-hydroxylation sites is 1. The predicted molar refractivity (Wildman–Crippen MR) is 121 cm³/mol. The molecule has 1 N–H and O–H groups in total. The summed E-state index contributed by atoms with van der Waals surface area (Å²) in [5.41, 5.74) is 6.19.